The summed E-state index contributed by atoms with van der Waals surface area (Å²) in [5, 5.41) is 1.03. The molecule has 0 aliphatic heterocycles. The molecule has 1 aliphatic rings. The fourth-order valence-electron chi connectivity index (χ4n) is 1.48. The summed E-state index contributed by atoms with van der Waals surface area (Å²) in [4.78, 5) is 6.70. The minimum atomic E-state index is 0.194. The summed E-state index contributed by atoms with van der Waals surface area (Å²) in [6, 6.07) is 0.855. The predicted molar refractivity (Wildman–Crippen MR) is 58.7 cm³/mol. The zero-order valence-corrected chi connectivity index (χ0v) is 9.42. The predicted octanol–water partition coefficient (Wildman–Crippen LogP) is 1.16. The second-order valence-electron chi connectivity index (χ2n) is 3.98. The van der Waals surface area contributed by atoms with Gasteiger partial charge in [0, 0.05) is 30.2 Å². The monoisotopic (exact) mass is 212 g/mol. The zero-order valence-electron chi connectivity index (χ0n) is 8.60. The minimum Gasteiger partial charge on any atom is -0.342 e. The molecule has 1 aromatic heterocycles. The van der Waals surface area contributed by atoms with Gasteiger partial charge in [0.1, 0.15) is 5.82 Å². The summed E-state index contributed by atoms with van der Waals surface area (Å²) in [6.45, 7) is 4.85. The van der Waals surface area contributed by atoms with Gasteiger partial charge < -0.3 is 10.6 Å². The van der Waals surface area contributed by atoms with Gasteiger partial charge in [-0.2, -0.15) is 4.37 Å². The average Bonchev–Trinajstić information content (AvgIpc) is 2.85. The molecule has 1 fully saturated rings. The Bertz CT molecular complexity index is 306. The molecule has 0 radical (unpaired) electrons. The largest absolute Gasteiger partial charge is 0.342 e. The Morgan fingerprint density at radius 3 is 2.79 bits per heavy atom. The lowest BCUT2D eigenvalue weighted by molar-refractivity contribution is 0.671. The van der Waals surface area contributed by atoms with E-state index in [9.17, 15) is 0 Å². The summed E-state index contributed by atoms with van der Waals surface area (Å²) in [5.74, 6) is 0.861. The molecule has 78 valence electrons. The smallest absolute Gasteiger partial charge is 0.205 e. The van der Waals surface area contributed by atoms with Crippen LogP contribution < -0.4 is 10.6 Å². The fraction of sp³-hybridized carbons (Fsp3) is 0.778. The van der Waals surface area contributed by atoms with Crippen molar-refractivity contribution >= 4 is 16.7 Å². The first-order chi connectivity index (χ1) is 6.66. The summed E-state index contributed by atoms with van der Waals surface area (Å²) in [6.07, 6.45) is 2.54. The van der Waals surface area contributed by atoms with Crippen LogP contribution in [0, 0.1) is 6.92 Å². The van der Waals surface area contributed by atoms with E-state index in [1.165, 1.54) is 24.4 Å². The maximum absolute atomic E-state index is 5.82. The quantitative estimate of drug-likeness (QED) is 0.814. The summed E-state index contributed by atoms with van der Waals surface area (Å²) in [5.41, 5.74) is 5.82. The van der Waals surface area contributed by atoms with E-state index < -0.39 is 0 Å². The molecule has 5 heteroatoms. The lowest BCUT2D eigenvalue weighted by Crippen LogP contribution is -2.37. The van der Waals surface area contributed by atoms with Crippen LogP contribution in [0.5, 0.6) is 0 Å². The van der Waals surface area contributed by atoms with Gasteiger partial charge in [-0.05, 0) is 26.7 Å². The van der Waals surface area contributed by atoms with Gasteiger partial charge in [-0.15, -0.1) is 0 Å². The number of rotatable bonds is 4. The number of hydrogen-bond acceptors (Lipinski definition) is 5. The molecule has 0 spiro atoms. The van der Waals surface area contributed by atoms with Crippen molar-refractivity contribution in [1.29, 1.82) is 0 Å². The molecule has 1 saturated carbocycles. The van der Waals surface area contributed by atoms with Crippen LogP contribution in [-0.2, 0) is 0 Å². The minimum absolute atomic E-state index is 0.194. The topological polar surface area (TPSA) is 55.0 Å². The third-order valence-corrected chi connectivity index (χ3v) is 3.08. The molecular formula is C9H16N4S. The van der Waals surface area contributed by atoms with Crippen LogP contribution >= 0.6 is 11.5 Å². The average molecular weight is 212 g/mol. The van der Waals surface area contributed by atoms with E-state index in [0.29, 0.717) is 6.04 Å². The van der Waals surface area contributed by atoms with Crippen molar-refractivity contribution in [2.24, 2.45) is 5.73 Å². The molecule has 2 rings (SSSR count). The van der Waals surface area contributed by atoms with Crippen molar-refractivity contribution in [3.05, 3.63) is 5.82 Å². The van der Waals surface area contributed by atoms with Crippen molar-refractivity contribution < 1.29 is 0 Å². The van der Waals surface area contributed by atoms with Crippen molar-refractivity contribution in [3.63, 3.8) is 0 Å². The maximum atomic E-state index is 5.82. The van der Waals surface area contributed by atoms with Crippen molar-refractivity contribution in [3.8, 4) is 0 Å². The van der Waals surface area contributed by atoms with Gasteiger partial charge in [0.15, 0.2) is 0 Å². The molecule has 0 saturated heterocycles. The van der Waals surface area contributed by atoms with Gasteiger partial charge in [-0.25, -0.2) is 4.98 Å². The number of nitrogens with zero attached hydrogens (tertiary/aromatic N) is 3. The third-order valence-electron chi connectivity index (χ3n) is 2.23. The van der Waals surface area contributed by atoms with E-state index in [4.69, 9.17) is 5.73 Å². The number of aryl methyl sites for hydroxylation is 1. The van der Waals surface area contributed by atoms with Crippen LogP contribution in [0.4, 0.5) is 5.13 Å². The van der Waals surface area contributed by atoms with Gasteiger partial charge in [-0.3, -0.25) is 0 Å². The van der Waals surface area contributed by atoms with E-state index in [0.717, 1.165) is 17.5 Å². The summed E-state index contributed by atoms with van der Waals surface area (Å²) in [7, 11) is 0. The first-order valence-corrected chi connectivity index (χ1v) is 5.76. The van der Waals surface area contributed by atoms with E-state index in [2.05, 4.69) is 14.3 Å². The molecule has 0 bridgehead atoms. The zero-order chi connectivity index (χ0) is 10.1. The highest BCUT2D eigenvalue weighted by Gasteiger charge is 2.31. The van der Waals surface area contributed by atoms with Gasteiger partial charge in [-0.1, -0.05) is 0 Å². The van der Waals surface area contributed by atoms with Crippen molar-refractivity contribution in [1.82, 2.24) is 9.36 Å². The van der Waals surface area contributed by atoms with Crippen molar-refractivity contribution in [2.45, 2.75) is 38.8 Å². The highest BCUT2D eigenvalue weighted by atomic mass is 32.1. The Kier molecular flexibility index (Phi) is 2.69. The van der Waals surface area contributed by atoms with Crippen LogP contribution in [0.25, 0.3) is 0 Å². The SMILES string of the molecule is Cc1nsc(N(CC(C)N)C2CC2)n1. The Morgan fingerprint density at radius 1 is 1.64 bits per heavy atom. The Balaban J connectivity index is 2.09. The molecule has 2 N–H and O–H groups in total. The molecule has 1 heterocycles. The third kappa shape index (κ3) is 2.22. The van der Waals surface area contributed by atoms with E-state index in [-0.39, 0.29) is 6.04 Å². The van der Waals surface area contributed by atoms with E-state index in [1.807, 2.05) is 13.8 Å². The van der Waals surface area contributed by atoms with Crippen LogP contribution in [-0.4, -0.2) is 28.0 Å². The summed E-state index contributed by atoms with van der Waals surface area (Å²) < 4.78 is 4.20. The maximum Gasteiger partial charge on any atom is 0.205 e. The first kappa shape index (κ1) is 9.86. The first-order valence-electron chi connectivity index (χ1n) is 4.99. The molecule has 0 aromatic carbocycles. The number of nitrogens with two attached hydrogens (primary N) is 1. The standard InChI is InChI=1S/C9H16N4S/c1-6(10)5-13(8-3-4-8)9-11-7(2)12-14-9/h6,8H,3-5,10H2,1-2H3. The van der Waals surface area contributed by atoms with Crippen LogP contribution in [0.2, 0.25) is 0 Å². The number of anilines is 1. The highest BCUT2D eigenvalue weighted by Crippen LogP contribution is 2.32. The second-order valence-corrected chi connectivity index (χ2v) is 4.72. The molecule has 0 amide bonds. The molecule has 1 atom stereocenters. The molecule has 1 aromatic rings. The van der Waals surface area contributed by atoms with Gasteiger partial charge in [0.25, 0.3) is 0 Å². The lowest BCUT2D eigenvalue weighted by atomic mass is 10.3. The van der Waals surface area contributed by atoms with Gasteiger partial charge >= 0.3 is 0 Å². The normalized spacial score (nSPS) is 18.2. The number of hydrogen-bond donors (Lipinski definition) is 1. The Hall–Kier alpha value is -0.680. The van der Waals surface area contributed by atoms with Crippen molar-refractivity contribution in [2.75, 3.05) is 11.4 Å². The van der Waals surface area contributed by atoms with Crippen LogP contribution in [0.15, 0.2) is 0 Å². The summed E-state index contributed by atoms with van der Waals surface area (Å²) >= 11 is 1.48. The molecule has 1 aliphatic carbocycles. The van der Waals surface area contributed by atoms with Gasteiger partial charge in [0.05, 0.1) is 0 Å². The lowest BCUT2D eigenvalue weighted by Gasteiger charge is -2.22. The fourth-order valence-corrected chi connectivity index (χ4v) is 2.24. The Morgan fingerprint density at radius 2 is 2.36 bits per heavy atom. The molecule has 14 heavy (non-hydrogen) atoms. The highest BCUT2D eigenvalue weighted by molar-refractivity contribution is 7.09. The molecular weight excluding hydrogens is 196 g/mol. The van der Waals surface area contributed by atoms with E-state index in [1.54, 1.807) is 0 Å². The second kappa shape index (κ2) is 3.82. The number of aromatic nitrogens is 2. The van der Waals surface area contributed by atoms with Crippen LogP contribution in [0.3, 0.4) is 0 Å². The Labute approximate surface area is 88.3 Å². The molecule has 1 unspecified atom stereocenters. The molecule has 4 nitrogen and oxygen atoms in total. The van der Waals surface area contributed by atoms with Gasteiger partial charge in [0.2, 0.25) is 5.13 Å². The van der Waals surface area contributed by atoms with Crippen LogP contribution in [0.1, 0.15) is 25.6 Å². The van der Waals surface area contributed by atoms with E-state index >= 15 is 0 Å².